The van der Waals surface area contributed by atoms with Crippen LogP contribution in [0.1, 0.15) is 11.1 Å². The van der Waals surface area contributed by atoms with Gasteiger partial charge in [-0.1, -0.05) is 6.07 Å². The molecule has 3 amide bonds. The zero-order valence-electron chi connectivity index (χ0n) is 16.3. The third-order valence-electron chi connectivity index (χ3n) is 5.31. The molecule has 10 heteroatoms. The van der Waals surface area contributed by atoms with Gasteiger partial charge in [0.05, 0.1) is 12.0 Å². The van der Waals surface area contributed by atoms with E-state index in [4.69, 9.17) is 0 Å². The number of piperazine rings is 1. The predicted molar refractivity (Wildman–Crippen MR) is 108 cm³/mol. The van der Waals surface area contributed by atoms with E-state index in [-0.39, 0.29) is 25.4 Å². The number of rotatable bonds is 2. The van der Waals surface area contributed by atoms with Gasteiger partial charge in [-0.05, 0) is 42.0 Å². The van der Waals surface area contributed by atoms with Crippen molar-refractivity contribution in [2.75, 3.05) is 41.7 Å². The highest BCUT2D eigenvalue weighted by Crippen LogP contribution is 2.31. The van der Waals surface area contributed by atoms with Crippen LogP contribution in [0.5, 0.6) is 0 Å². The summed E-state index contributed by atoms with van der Waals surface area (Å²) in [7, 11) is 0. The van der Waals surface area contributed by atoms with E-state index >= 15 is 0 Å². The monoisotopic (exact) mass is 432 g/mol. The number of nitrogens with zero attached hydrogens (tertiary/aromatic N) is 2. The van der Waals surface area contributed by atoms with Gasteiger partial charge in [0.1, 0.15) is 0 Å². The van der Waals surface area contributed by atoms with Crippen molar-refractivity contribution >= 4 is 34.8 Å². The molecule has 2 aliphatic heterocycles. The summed E-state index contributed by atoms with van der Waals surface area (Å²) >= 11 is 0. The summed E-state index contributed by atoms with van der Waals surface area (Å²) in [5.74, 6) is -1.59. The van der Waals surface area contributed by atoms with E-state index in [0.717, 1.165) is 17.7 Å². The van der Waals surface area contributed by atoms with Crippen LogP contribution in [0.4, 0.5) is 30.2 Å². The average molecular weight is 432 g/mol. The largest absolute Gasteiger partial charge is 0.416 e. The maximum absolute atomic E-state index is 12.7. The van der Waals surface area contributed by atoms with E-state index in [1.54, 1.807) is 18.2 Å². The van der Waals surface area contributed by atoms with Gasteiger partial charge in [-0.25, -0.2) is 0 Å². The molecule has 0 spiro atoms. The molecule has 0 bridgehead atoms. The molecule has 2 N–H and O–H groups in total. The maximum atomic E-state index is 12.7. The van der Waals surface area contributed by atoms with Gasteiger partial charge in [0.25, 0.3) is 0 Å². The first-order valence-corrected chi connectivity index (χ1v) is 9.66. The van der Waals surface area contributed by atoms with Gasteiger partial charge in [-0.3, -0.25) is 14.4 Å². The number of benzene rings is 2. The van der Waals surface area contributed by atoms with E-state index in [1.165, 1.54) is 17.0 Å². The molecule has 162 valence electrons. The molecule has 2 aliphatic rings. The summed E-state index contributed by atoms with van der Waals surface area (Å²) in [6.07, 6.45) is -4.10. The minimum absolute atomic E-state index is 0.125. The Balaban J connectivity index is 1.32. The highest BCUT2D eigenvalue weighted by atomic mass is 19.4. The lowest BCUT2D eigenvalue weighted by Crippen LogP contribution is -2.51. The summed E-state index contributed by atoms with van der Waals surface area (Å²) in [4.78, 5) is 39.5. The second-order valence-electron chi connectivity index (χ2n) is 7.37. The lowest BCUT2D eigenvalue weighted by molar-refractivity contribution is -0.143. The molecule has 0 aromatic heterocycles. The van der Waals surface area contributed by atoms with Crippen LogP contribution >= 0.6 is 0 Å². The number of carbonyl (C=O) groups is 3. The second kappa shape index (κ2) is 7.93. The minimum Gasteiger partial charge on any atom is -0.368 e. The zero-order chi connectivity index (χ0) is 22.2. The molecule has 1 saturated heterocycles. The third kappa shape index (κ3) is 4.47. The van der Waals surface area contributed by atoms with Crippen LogP contribution in [-0.2, 0) is 27.0 Å². The Morgan fingerprint density at radius 1 is 0.968 bits per heavy atom. The van der Waals surface area contributed by atoms with Gasteiger partial charge in [0.2, 0.25) is 5.91 Å². The van der Waals surface area contributed by atoms with Crippen LogP contribution in [-0.4, -0.2) is 48.8 Å². The van der Waals surface area contributed by atoms with Crippen molar-refractivity contribution in [1.29, 1.82) is 0 Å². The summed E-state index contributed by atoms with van der Waals surface area (Å²) < 4.78 is 38.1. The van der Waals surface area contributed by atoms with Crippen molar-refractivity contribution in [2.24, 2.45) is 0 Å². The SMILES string of the molecule is O=C1Cc2ccc(NC(=O)C(=O)N3CCN(c4ccc(C(F)(F)F)cc4)CC3)cc2N1. The number of carbonyl (C=O) groups excluding carboxylic acids is 3. The number of halogens is 3. The molecule has 0 radical (unpaired) electrons. The van der Waals surface area contributed by atoms with Crippen LogP contribution in [0.15, 0.2) is 42.5 Å². The predicted octanol–water partition coefficient (Wildman–Crippen LogP) is 2.49. The fraction of sp³-hybridized carbons (Fsp3) is 0.286. The molecular formula is C21H19F3N4O3. The van der Waals surface area contributed by atoms with E-state index < -0.39 is 23.6 Å². The summed E-state index contributed by atoms with van der Waals surface area (Å²) in [6.45, 7) is 1.34. The molecular weight excluding hydrogens is 413 g/mol. The summed E-state index contributed by atoms with van der Waals surface area (Å²) in [5, 5.41) is 5.23. The van der Waals surface area contributed by atoms with Crippen molar-refractivity contribution in [2.45, 2.75) is 12.6 Å². The van der Waals surface area contributed by atoms with Gasteiger partial charge < -0.3 is 20.4 Å². The number of fused-ring (bicyclic) bond motifs is 1. The highest BCUT2D eigenvalue weighted by molar-refractivity contribution is 6.39. The molecule has 2 heterocycles. The number of amides is 3. The molecule has 4 rings (SSSR count). The molecule has 0 saturated carbocycles. The smallest absolute Gasteiger partial charge is 0.368 e. The Kier molecular flexibility index (Phi) is 5.30. The normalized spacial score (nSPS) is 16.0. The Morgan fingerprint density at radius 3 is 2.29 bits per heavy atom. The lowest BCUT2D eigenvalue weighted by Gasteiger charge is -2.35. The van der Waals surface area contributed by atoms with E-state index in [9.17, 15) is 27.6 Å². The van der Waals surface area contributed by atoms with E-state index in [1.807, 2.05) is 4.90 Å². The number of hydrogen-bond acceptors (Lipinski definition) is 4. The molecule has 0 aliphatic carbocycles. The number of nitrogens with one attached hydrogen (secondary N) is 2. The van der Waals surface area contributed by atoms with Crippen LogP contribution in [0, 0.1) is 0 Å². The van der Waals surface area contributed by atoms with Crippen molar-refractivity contribution in [3.05, 3.63) is 53.6 Å². The molecule has 31 heavy (non-hydrogen) atoms. The first kappa shape index (κ1) is 20.7. The van der Waals surface area contributed by atoms with Crippen molar-refractivity contribution in [3.63, 3.8) is 0 Å². The molecule has 0 atom stereocenters. The van der Waals surface area contributed by atoms with Gasteiger partial charge in [0.15, 0.2) is 0 Å². The maximum Gasteiger partial charge on any atom is 0.416 e. The third-order valence-corrected chi connectivity index (χ3v) is 5.31. The highest BCUT2D eigenvalue weighted by Gasteiger charge is 2.31. The van der Waals surface area contributed by atoms with Gasteiger partial charge >= 0.3 is 18.0 Å². The minimum atomic E-state index is -4.39. The summed E-state index contributed by atoms with van der Waals surface area (Å²) in [6, 6.07) is 9.81. The fourth-order valence-electron chi connectivity index (χ4n) is 3.65. The van der Waals surface area contributed by atoms with Crippen LogP contribution in [0.3, 0.4) is 0 Å². The van der Waals surface area contributed by atoms with Crippen molar-refractivity contribution in [3.8, 4) is 0 Å². The first-order chi connectivity index (χ1) is 14.7. The number of hydrogen-bond donors (Lipinski definition) is 2. The molecule has 2 aromatic carbocycles. The Hall–Kier alpha value is -3.56. The fourth-order valence-corrected chi connectivity index (χ4v) is 3.65. The Bertz CT molecular complexity index is 1030. The van der Waals surface area contributed by atoms with Crippen LogP contribution in [0.2, 0.25) is 0 Å². The van der Waals surface area contributed by atoms with Crippen molar-refractivity contribution < 1.29 is 27.6 Å². The average Bonchev–Trinajstić information content (AvgIpc) is 3.12. The first-order valence-electron chi connectivity index (χ1n) is 9.66. The van der Waals surface area contributed by atoms with Crippen molar-refractivity contribution in [1.82, 2.24) is 4.90 Å². The van der Waals surface area contributed by atoms with E-state index in [2.05, 4.69) is 10.6 Å². The standard InChI is InChI=1S/C21H19F3N4O3/c22-21(23,24)14-2-5-16(6-3-14)27-7-9-28(10-8-27)20(31)19(30)25-15-4-1-13-11-18(29)26-17(13)12-15/h1-6,12H,7-11H2,(H,25,30)(H,26,29). The molecule has 0 unspecified atom stereocenters. The molecule has 7 nitrogen and oxygen atoms in total. The Labute approximate surface area is 175 Å². The van der Waals surface area contributed by atoms with Gasteiger partial charge in [-0.2, -0.15) is 13.2 Å². The van der Waals surface area contributed by atoms with E-state index in [0.29, 0.717) is 30.2 Å². The quantitative estimate of drug-likeness (QED) is 0.715. The van der Waals surface area contributed by atoms with Crippen LogP contribution in [0.25, 0.3) is 0 Å². The molecule has 1 fully saturated rings. The van der Waals surface area contributed by atoms with Gasteiger partial charge in [-0.15, -0.1) is 0 Å². The second-order valence-corrected chi connectivity index (χ2v) is 7.37. The Morgan fingerprint density at radius 2 is 1.65 bits per heavy atom. The summed E-state index contributed by atoms with van der Waals surface area (Å²) in [5.41, 5.74) is 1.76. The van der Waals surface area contributed by atoms with Gasteiger partial charge in [0, 0.05) is 43.2 Å². The topological polar surface area (TPSA) is 81.8 Å². The number of alkyl halides is 3. The lowest BCUT2D eigenvalue weighted by atomic mass is 10.1. The zero-order valence-corrected chi connectivity index (χ0v) is 16.3. The number of anilines is 3. The molecule has 2 aromatic rings. The van der Waals surface area contributed by atoms with Crippen LogP contribution < -0.4 is 15.5 Å².